The highest BCUT2D eigenvalue weighted by atomic mass is 35.5. The molecule has 0 bridgehead atoms. The predicted molar refractivity (Wildman–Crippen MR) is 91.5 cm³/mol. The Balaban J connectivity index is 1.98. The van der Waals surface area contributed by atoms with Gasteiger partial charge in [-0.3, -0.25) is 4.98 Å². The van der Waals surface area contributed by atoms with Gasteiger partial charge in [0.15, 0.2) is 11.6 Å². The standard InChI is InChI=1S/C18H19ClF4N2O/c1-12(10-25(2)11-13-4-3-5-24-9-13)6-14-7-16(20)17(8-15(14)19)26-18(21,22)23/h3-5,7-9,12H,6,10-11H2,1-2H3. The van der Waals surface area contributed by atoms with Gasteiger partial charge in [-0.1, -0.05) is 24.6 Å². The van der Waals surface area contributed by atoms with E-state index in [0.717, 1.165) is 17.7 Å². The molecule has 2 rings (SSSR count). The van der Waals surface area contributed by atoms with Crippen LogP contribution in [0.25, 0.3) is 0 Å². The molecular formula is C18H19ClF4N2O. The van der Waals surface area contributed by atoms with E-state index in [9.17, 15) is 17.6 Å². The maximum atomic E-state index is 13.9. The Morgan fingerprint density at radius 2 is 2.04 bits per heavy atom. The van der Waals surface area contributed by atoms with Gasteiger partial charge in [0.05, 0.1) is 0 Å². The van der Waals surface area contributed by atoms with E-state index < -0.39 is 17.9 Å². The monoisotopic (exact) mass is 390 g/mol. The summed E-state index contributed by atoms with van der Waals surface area (Å²) in [6.45, 7) is 3.38. The topological polar surface area (TPSA) is 25.4 Å². The van der Waals surface area contributed by atoms with Gasteiger partial charge in [0.25, 0.3) is 0 Å². The van der Waals surface area contributed by atoms with Crippen LogP contribution in [0.3, 0.4) is 0 Å². The number of pyridine rings is 1. The summed E-state index contributed by atoms with van der Waals surface area (Å²) in [5.74, 6) is -1.90. The van der Waals surface area contributed by atoms with Crippen molar-refractivity contribution in [1.29, 1.82) is 0 Å². The van der Waals surface area contributed by atoms with Crippen LogP contribution >= 0.6 is 11.6 Å². The fourth-order valence-electron chi connectivity index (χ4n) is 2.77. The van der Waals surface area contributed by atoms with Crippen LogP contribution in [-0.4, -0.2) is 29.8 Å². The number of halogens is 5. The quantitative estimate of drug-likeness (QED) is 0.616. The molecule has 0 saturated heterocycles. The summed E-state index contributed by atoms with van der Waals surface area (Å²) in [6.07, 6.45) is -1.05. The van der Waals surface area contributed by atoms with Crippen LogP contribution in [0.1, 0.15) is 18.1 Å². The Bertz CT molecular complexity index is 725. The molecule has 0 N–H and O–H groups in total. The van der Waals surface area contributed by atoms with Gasteiger partial charge >= 0.3 is 6.36 Å². The summed E-state index contributed by atoms with van der Waals surface area (Å²) in [6, 6.07) is 5.70. The number of ether oxygens (including phenoxy) is 1. The Kier molecular flexibility index (Phi) is 6.83. The van der Waals surface area contributed by atoms with Crippen molar-refractivity contribution >= 4 is 11.6 Å². The van der Waals surface area contributed by atoms with Crippen LogP contribution in [0.15, 0.2) is 36.7 Å². The molecule has 1 aromatic carbocycles. The van der Waals surface area contributed by atoms with Crippen molar-refractivity contribution in [2.75, 3.05) is 13.6 Å². The lowest BCUT2D eigenvalue weighted by Crippen LogP contribution is -2.25. The van der Waals surface area contributed by atoms with Gasteiger partial charge in [-0.25, -0.2) is 4.39 Å². The van der Waals surface area contributed by atoms with E-state index in [1.54, 1.807) is 12.4 Å². The molecule has 0 spiro atoms. The Morgan fingerprint density at radius 1 is 1.31 bits per heavy atom. The third-order valence-electron chi connectivity index (χ3n) is 3.69. The highest BCUT2D eigenvalue weighted by Crippen LogP contribution is 2.31. The molecule has 2 aromatic rings. The summed E-state index contributed by atoms with van der Waals surface area (Å²) >= 11 is 6.00. The molecular weight excluding hydrogens is 372 g/mol. The van der Waals surface area contributed by atoms with E-state index in [2.05, 4.69) is 14.6 Å². The van der Waals surface area contributed by atoms with Crippen LogP contribution < -0.4 is 4.74 Å². The first kappa shape index (κ1) is 20.5. The smallest absolute Gasteiger partial charge is 0.403 e. The molecule has 26 heavy (non-hydrogen) atoms. The van der Waals surface area contributed by atoms with Gasteiger partial charge in [0, 0.05) is 36.6 Å². The van der Waals surface area contributed by atoms with Crippen molar-refractivity contribution in [3.63, 3.8) is 0 Å². The van der Waals surface area contributed by atoms with E-state index in [0.29, 0.717) is 25.1 Å². The third-order valence-corrected chi connectivity index (χ3v) is 4.05. The van der Waals surface area contributed by atoms with Crippen LogP contribution in [0, 0.1) is 11.7 Å². The molecule has 3 nitrogen and oxygen atoms in total. The summed E-state index contributed by atoms with van der Waals surface area (Å²) < 4.78 is 54.2. The van der Waals surface area contributed by atoms with Gasteiger partial charge in [-0.05, 0) is 42.6 Å². The first-order valence-electron chi connectivity index (χ1n) is 7.95. The molecule has 0 aliphatic heterocycles. The first-order chi connectivity index (χ1) is 12.1. The number of nitrogens with zero attached hydrogens (tertiary/aromatic N) is 2. The van der Waals surface area contributed by atoms with Crippen LogP contribution in [0.2, 0.25) is 5.02 Å². The van der Waals surface area contributed by atoms with E-state index in [-0.39, 0.29) is 10.9 Å². The molecule has 0 amide bonds. The van der Waals surface area contributed by atoms with E-state index >= 15 is 0 Å². The van der Waals surface area contributed by atoms with Gasteiger partial charge in [0.1, 0.15) is 0 Å². The Labute approximate surface area is 154 Å². The molecule has 8 heteroatoms. The summed E-state index contributed by atoms with van der Waals surface area (Å²) in [4.78, 5) is 6.15. The van der Waals surface area contributed by atoms with Crippen LogP contribution in [0.4, 0.5) is 17.6 Å². The lowest BCUT2D eigenvalue weighted by Gasteiger charge is -2.22. The number of alkyl halides is 3. The Hall–Kier alpha value is -1.86. The minimum Gasteiger partial charge on any atom is -0.403 e. The van der Waals surface area contributed by atoms with Crippen molar-refractivity contribution in [2.45, 2.75) is 26.3 Å². The largest absolute Gasteiger partial charge is 0.573 e. The number of hydrogen-bond acceptors (Lipinski definition) is 3. The SMILES string of the molecule is CC(Cc1cc(F)c(OC(F)(F)F)cc1Cl)CN(C)Cc1cccnc1. The summed E-state index contributed by atoms with van der Waals surface area (Å²) in [7, 11) is 1.95. The van der Waals surface area contributed by atoms with Gasteiger partial charge in [-0.2, -0.15) is 0 Å². The van der Waals surface area contributed by atoms with E-state index in [1.165, 1.54) is 0 Å². The fourth-order valence-corrected chi connectivity index (χ4v) is 3.00. The maximum absolute atomic E-state index is 13.9. The maximum Gasteiger partial charge on any atom is 0.573 e. The second-order valence-corrected chi connectivity index (χ2v) is 6.70. The fraction of sp³-hybridized carbons (Fsp3) is 0.389. The van der Waals surface area contributed by atoms with Gasteiger partial charge in [-0.15, -0.1) is 13.2 Å². The van der Waals surface area contributed by atoms with Crippen LogP contribution in [-0.2, 0) is 13.0 Å². The molecule has 1 atom stereocenters. The molecule has 0 aliphatic rings. The zero-order chi connectivity index (χ0) is 19.3. The molecule has 1 aromatic heterocycles. The molecule has 0 fully saturated rings. The molecule has 1 heterocycles. The normalized spacial score (nSPS) is 13.1. The second-order valence-electron chi connectivity index (χ2n) is 6.29. The molecule has 0 aliphatic carbocycles. The zero-order valence-electron chi connectivity index (χ0n) is 14.4. The van der Waals surface area contributed by atoms with E-state index in [1.807, 2.05) is 26.1 Å². The molecule has 0 radical (unpaired) electrons. The third kappa shape index (κ3) is 6.46. The van der Waals surface area contributed by atoms with Crippen molar-refractivity contribution in [3.05, 3.63) is 58.6 Å². The second kappa shape index (κ2) is 8.68. The number of benzene rings is 1. The average molecular weight is 391 g/mol. The first-order valence-corrected chi connectivity index (χ1v) is 8.33. The van der Waals surface area contributed by atoms with Crippen LogP contribution in [0.5, 0.6) is 5.75 Å². The lowest BCUT2D eigenvalue weighted by molar-refractivity contribution is -0.275. The van der Waals surface area contributed by atoms with Crippen molar-refractivity contribution in [3.8, 4) is 5.75 Å². The minimum atomic E-state index is -4.96. The molecule has 142 valence electrons. The molecule has 1 unspecified atom stereocenters. The van der Waals surface area contributed by atoms with Gasteiger partial charge in [0.2, 0.25) is 0 Å². The number of aromatic nitrogens is 1. The van der Waals surface area contributed by atoms with Gasteiger partial charge < -0.3 is 9.64 Å². The Morgan fingerprint density at radius 3 is 2.65 bits per heavy atom. The minimum absolute atomic E-state index is 0.0485. The highest BCUT2D eigenvalue weighted by molar-refractivity contribution is 6.31. The number of rotatable bonds is 7. The van der Waals surface area contributed by atoms with Crippen molar-refractivity contribution in [2.24, 2.45) is 5.92 Å². The molecule has 0 saturated carbocycles. The van der Waals surface area contributed by atoms with E-state index in [4.69, 9.17) is 11.6 Å². The summed E-state index contributed by atoms with van der Waals surface area (Å²) in [5.41, 5.74) is 1.51. The lowest BCUT2D eigenvalue weighted by atomic mass is 10.00. The summed E-state index contributed by atoms with van der Waals surface area (Å²) in [5, 5.41) is 0.0485. The zero-order valence-corrected chi connectivity index (χ0v) is 15.1. The van der Waals surface area contributed by atoms with Crippen molar-refractivity contribution < 1.29 is 22.3 Å². The number of hydrogen-bond donors (Lipinski definition) is 0. The highest BCUT2D eigenvalue weighted by Gasteiger charge is 2.32. The van der Waals surface area contributed by atoms with Crippen molar-refractivity contribution in [1.82, 2.24) is 9.88 Å². The predicted octanol–water partition coefficient (Wildman–Crippen LogP) is 5.08. The average Bonchev–Trinajstić information content (AvgIpc) is 2.51.